The summed E-state index contributed by atoms with van der Waals surface area (Å²) in [6, 6.07) is 0. The molecular weight excluding hydrogens is 1100 g/mol. The first-order valence-corrected chi connectivity index (χ1v) is 28.8. The van der Waals surface area contributed by atoms with E-state index in [0.717, 1.165) is 0 Å². The largest absolute Gasteiger partial charge is 1.00 e. The van der Waals surface area contributed by atoms with Gasteiger partial charge in [0.1, 0.15) is 36.6 Å². The summed E-state index contributed by atoms with van der Waals surface area (Å²) in [6.07, 6.45) is -9.56. The van der Waals surface area contributed by atoms with Crippen molar-refractivity contribution in [3.8, 4) is 0 Å². The minimum atomic E-state index is -5.77. The van der Waals surface area contributed by atoms with Crippen molar-refractivity contribution in [2.75, 3.05) is 49.4 Å². The number of alkyl halides is 1. The van der Waals surface area contributed by atoms with Crippen molar-refractivity contribution in [2.45, 2.75) is 78.1 Å². The first-order valence-electron chi connectivity index (χ1n) is 17.9. The second-order valence-corrected chi connectivity index (χ2v) is 26.7. The molecule has 4 aromatic rings. The van der Waals surface area contributed by atoms with Gasteiger partial charge in [-0.15, -0.1) is 0 Å². The van der Waals surface area contributed by atoms with E-state index in [-0.39, 0.29) is 130 Å². The molecule has 0 radical (unpaired) electrons. The number of aliphatic hydroxyl groups is 4. The number of imidazole rings is 2. The zero-order valence-electron chi connectivity index (χ0n) is 36.4. The summed E-state index contributed by atoms with van der Waals surface area (Å²) in [5, 5.41) is 49.9. The van der Waals surface area contributed by atoms with Crippen LogP contribution in [0.1, 0.15) is 26.3 Å². The van der Waals surface area contributed by atoms with Crippen molar-refractivity contribution in [2.24, 2.45) is 0 Å². The van der Waals surface area contributed by atoms with Gasteiger partial charge >= 0.3 is 147 Å². The minimum absolute atomic E-state index is 0. The number of thioether (sulfide) groups is 2. The molecule has 6 heterocycles. The summed E-state index contributed by atoms with van der Waals surface area (Å²) in [5.41, 5.74) is 1.13. The van der Waals surface area contributed by atoms with Crippen molar-refractivity contribution in [3.05, 3.63) is 12.7 Å². The Bertz CT molecular complexity index is 2320. The average Bonchev–Trinajstić information content (AvgIpc) is 3.96. The van der Waals surface area contributed by atoms with Gasteiger partial charge in [0.2, 0.25) is 4.86 Å². The molecule has 0 bridgehead atoms. The molecule has 5 unspecified atom stereocenters. The number of anilines is 2. The van der Waals surface area contributed by atoms with Crippen LogP contribution in [0.15, 0.2) is 23.0 Å². The summed E-state index contributed by atoms with van der Waals surface area (Å²) in [6.45, 7) is -7.89. The van der Waals surface area contributed by atoms with Gasteiger partial charge in [-0.1, -0.05) is 61.2 Å². The van der Waals surface area contributed by atoms with Crippen LogP contribution in [0.25, 0.3) is 22.3 Å². The van der Waals surface area contributed by atoms with E-state index in [0.29, 0.717) is 44.5 Å². The molecule has 26 nitrogen and oxygen atoms in total. The van der Waals surface area contributed by atoms with E-state index in [4.69, 9.17) is 41.9 Å². The first kappa shape index (κ1) is 65.0. The van der Waals surface area contributed by atoms with Crippen molar-refractivity contribution >= 4 is 122 Å². The fourth-order valence-electron chi connectivity index (χ4n) is 6.04. The summed E-state index contributed by atoms with van der Waals surface area (Å²) in [7, 11) is -8.26. The standard InChI is InChI=1S/C27H41ClN10O16P4S4.4Na/c1-5-61-26-33-19(29-3)13-21(35-26)37(9-31-13)23-17(41)15(39)11(51-23)7-49-57(47,59)53-55(43,44)25(28)56(45,46)54-58(48,60)50-8-12-16(40)18(42)24(52-12)38-10-32-14-20(30-4)34-27(62-6-2)36-22(14)38;;;;/h9-12,15-18,23-25,39-42H,5-8H2,1-4H3,(H,43,44)(H,45,46)(H,47,59)(H,48,60)(H,29,33,35)(H,30,34,36);;;;/q;4*+1/t11-,12-,15-,16-,17-,18-,23-,24-,25?,57?,58?;;;;/m1..../s1. The summed E-state index contributed by atoms with van der Waals surface area (Å²) in [4.78, 5) is 55.0. The number of nitrogens with one attached hydrogen (secondary N) is 2. The maximum atomic E-state index is 13.1. The van der Waals surface area contributed by atoms with Gasteiger partial charge < -0.3 is 59.7 Å². The number of halogens is 1. The Labute approximate surface area is 488 Å². The number of aromatic nitrogens is 8. The normalized spacial score (nSPS) is 26.9. The Kier molecular flexibility index (Phi) is 26.6. The Morgan fingerprint density at radius 2 is 1.14 bits per heavy atom. The van der Waals surface area contributed by atoms with E-state index in [1.807, 2.05) is 13.8 Å². The van der Waals surface area contributed by atoms with E-state index < -0.39 is 95.9 Å². The predicted molar refractivity (Wildman–Crippen MR) is 231 cm³/mol. The van der Waals surface area contributed by atoms with Gasteiger partial charge in [0.15, 0.2) is 56.7 Å². The number of nitrogens with zero attached hydrogens (tertiary/aromatic N) is 8. The Morgan fingerprint density at radius 1 is 0.742 bits per heavy atom. The van der Waals surface area contributed by atoms with E-state index in [2.05, 4.69) is 61.4 Å². The molecule has 13 atom stereocenters. The van der Waals surface area contributed by atoms with Gasteiger partial charge in [-0.2, -0.15) is 0 Å². The van der Waals surface area contributed by atoms with Crippen molar-refractivity contribution in [3.63, 3.8) is 0 Å². The maximum absolute atomic E-state index is 13.1. The zero-order chi connectivity index (χ0) is 45.5. The topological polar surface area (TPSA) is 359 Å². The Morgan fingerprint density at radius 3 is 1.53 bits per heavy atom. The van der Waals surface area contributed by atoms with Crippen molar-refractivity contribution in [1.82, 2.24) is 39.0 Å². The summed E-state index contributed by atoms with van der Waals surface area (Å²) >= 11 is 17.0. The molecule has 2 aliphatic heterocycles. The van der Waals surface area contributed by atoms with Gasteiger partial charge in [-0.05, 0) is 23.3 Å². The molecule has 2 fully saturated rings. The number of hydrogen-bond acceptors (Lipinski definition) is 24. The van der Waals surface area contributed by atoms with Gasteiger partial charge in [0.25, 0.3) is 0 Å². The van der Waals surface area contributed by atoms with Crippen LogP contribution in [0.4, 0.5) is 11.6 Å². The fourth-order valence-corrected chi connectivity index (χ4v) is 16.3. The molecule has 2 aliphatic rings. The minimum Gasteiger partial charge on any atom is -0.387 e. The van der Waals surface area contributed by atoms with E-state index >= 15 is 0 Å². The molecule has 0 aliphatic carbocycles. The molecule has 4 aromatic heterocycles. The molecule has 0 aromatic carbocycles. The molecule has 346 valence electrons. The zero-order valence-corrected chi connectivity index (χ0v) is 52.1. The van der Waals surface area contributed by atoms with Crippen molar-refractivity contribution < 1.29 is 194 Å². The summed E-state index contributed by atoms with van der Waals surface area (Å²) < 4.78 is 72.9. The van der Waals surface area contributed by atoms with Crippen LogP contribution >= 0.6 is 76.1 Å². The molecule has 0 spiro atoms. The number of aliphatic hydroxyl groups excluding tert-OH is 4. The third-order valence-electron chi connectivity index (χ3n) is 8.83. The number of ether oxygens (including phenoxy) is 2. The average molecular weight is 1140 g/mol. The van der Waals surface area contributed by atoms with Crippen LogP contribution in [0.3, 0.4) is 0 Å². The monoisotopic (exact) mass is 1140 g/mol. The molecule has 39 heteroatoms. The van der Waals surface area contributed by atoms with Gasteiger partial charge in [0.05, 0.1) is 25.9 Å². The molecule has 0 amide bonds. The van der Waals surface area contributed by atoms with Gasteiger partial charge in [0, 0.05) is 14.1 Å². The smallest absolute Gasteiger partial charge is 0.387 e. The Balaban J connectivity index is 0.00000374. The van der Waals surface area contributed by atoms with Crippen LogP contribution in [-0.2, 0) is 52.6 Å². The fraction of sp³-hybridized carbons (Fsp3) is 0.630. The van der Waals surface area contributed by atoms with Crippen LogP contribution < -0.4 is 129 Å². The predicted octanol–water partition coefficient (Wildman–Crippen LogP) is -9.56. The molecule has 9 N–H and O–H groups in total. The first-order chi connectivity index (χ1) is 29.1. The van der Waals surface area contributed by atoms with E-state index in [1.54, 1.807) is 14.1 Å². The Hall–Kier alpha value is 2.86. The van der Waals surface area contributed by atoms with Gasteiger partial charge in [-0.25, -0.2) is 43.1 Å². The van der Waals surface area contributed by atoms with Crippen LogP contribution in [0.2, 0.25) is 0 Å². The number of fused-ring (bicyclic) bond motifs is 2. The SMILES string of the molecule is CCSc1nc(NC)c2ncn([C@@H]3O[C@H](COP(=O)(S)OP(=O)(O)C(Cl)P(=O)(O)OP(O)(=S)OC[C@H]4O[C@@H](n5cnc6c(NC)nc(SCC)nc65)[C@H](O)[C@@H]4O)[C@@H](O)[C@H]3O)c2n1.[Na+].[Na+].[Na+].[Na+]. The van der Waals surface area contributed by atoms with Crippen LogP contribution in [-0.4, -0.2) is 154 Å². The third kappa shape index (κ3) is 15.0. The second-order valence-electron chi connectivity index (χ2n) is 12.9. The van der Waals surface area contributed by atoms with Crippen LogP contribution in [0.5, 0.6) is 0 Å². The number of rotatable bonds is 20. The summed E-state index contributed by atoms with van der Waals surface area (Å²) in [5.74, 6) is 2.06. The number of hydrogen-bond donors (Lipinski definition) is 10. The molecular formula is C27H41ClN10Na4O16P4S4+4. The van der Waals surface area contributed by atoms with Gasteiger partial charge in [-0.3, -0.25) is 22.8 Å². The second kappa shape index (κ2) is 27.1. The quantitative estimate of drug-likeness (QED) is 0.00981. The molecule has 0 saturated carbocycles. The molecule has 6 rings (SSSR count). The van der Waals surface area contributed by atoms with Crippen molar-refractivity contribution in [1.29, 1.82) is 0 Å². The third-order valence-corrected chi connectivity index (χ3v) is 21.0. The number of thiol groups is 1. The molecule has 66 heavy (non-hydrogen) atoms. The van der Waals surface area contributed by atoms with E-state index in [9.17, 15) is 48.8 Å². The molecule has 2 saturated heterocycles. The maximum Gasteiger partial charge on any atom is 1.00 e. The van der Waals surface area contributed by atoms with E-state index in [1.165, 1.54) is 45.3 Å². The van der Waals surface area contributed by atoms with Crippen LogP contribution in [0, 0.1) is 0 Å².